The van der Waals surface area contributed by atoms with Gasteiger partial charge in [0.05, 0.1) is 17.6 Å². The SMILES string of the molecule is Cc1cccc(NC(=O)Cn2c(CNC(=O)c3ccc(Cl)cc3)nc3ccccc32)c1. The van der Waals surface area contributed by atoms with Gasteiger partial charge in [-0.15, -0.1) is 0 Å². The molecule has 0 saturated carbocycles. The summed E-state index contributed by atoms with van der Waals surface area (Å²) in [5.41, 5.74) is 3.91. The number of rotatable bonds is 6. The molecule has 0 radical (unpaired) electrons. The number of carbonyl (C=O) groups is 2. The largest absolute Gasteiger partial charge is 0.345 e. The zero-order valence-electron chi connectivity index (χ0n) is 16.9. The number of halogens is 1. The van der Waals surface area contributed by atoms with E-state index in [-0.39, 0.29) is 24.9 Å². The Morgan fingerprint density at radius 1 is 1.00 bits per heavy atom. The quantitative estimate of drug-likeness (QED) is 0.468. The minimum Gasteiger partial charge on any atom is -0.345 e. The summed E-state index contributed by atoms with van der Waals surface area (Å²) in [7, 11) is 0. The van der Waals surface area contributed by atoms with Crippen LogP contribution in [0.4, 0.5) is 5.69 Å². The molecule has 2 amide bonds. The molecule has 7 heteroatoms. The van der Waals surface area contributed by atoms with E-state index in [4.69, 9.17) is 11.6 Å². The molecule has 0 saturated heterocycles. The Kier molecular flexibility index (Phi) is 6.00. The number of amides is 2. The molecule has 2 N–H and O–H groups in total. The van der Waals surface area contributed by atoms with Gasteiger partial charge >= 0.3 is 0 Å². The van der Waals surface area contributed by atoms with E-state index in [0.717, 1.165) is 22.3 Å². The van der Waals surface area contributed by atoms with E-state index in [1.54, 1.807) is 24.3 Å². The van der Waals surface area contributed by atoms with Crippen LogP contribution in [0.25, 0.3) is 11.0 Å². The molecule has 3 aromatic carbocycles. The predicted octanol–water partition coefficient (Wildman–Crippen LogP) is 4.57. The summed E-state index contributed by atoms with van der Waals surface area (Å²) < 4.78 is 1.82. The number of hydrogen-bond donors (Lipinski definition) is 2. The summed E-state index contributed by atoms with van der Waals surface area (Å²) >= 11 is 5.89. The van der Waals surface area contributed by atoms with Gasteiger partial charge in [0.1, 0.15) is 12.4 Å². The summed E-state index contributed by atoms with van der Waals surface area (Å²) in [5, 5.41) is 6.36. The second-order valence-electron chi connectivity index (χ2n) is 7.21. The van der Waals surface area contributed by atoms with Crippen molar-refractivity contribution in [1.29, 1.82) is 0 Å². The van der Waals surface area contributed by atoms with E-state index >= 15 is 0 Å². The van der Waals surface area contributed by atoms with Gasteiger partial charge in [0, 0.05) is 16.3 Å². The molecule has 0 atom stereocenters. The highest BCUT2D eigenvalue weighted by atomic mass is 35.5. The van der Waals surface area contributed by atoms with Crippen molar-refractivity contribution in [3.63, 3.8) is 0 Å². The number of nitrogens with zero attached hydrogens (tertiary/aromatic N) is 2. The Balaban J connectivity index is 1.53. The van der Waals surface area contributed by atoms with E-state index in [1.165, 1.54) is 0 Å². The molecule has 0 spiro atoms. The lowest BCUT2D eigenvalue weighted by molar-refractivity contribution is -0.116. The Morgan fingerprint density at radius 3 is 2.55 bits per heavy atom. The highest BCUT2D eigenvalue weighted by Gasteiger charge is 2.15. The van der Waals surface area contributed by atoms with Crippen molar-refractivity contribution in [1.82, 2.24) is 14.9 Å². The first-order valence-electron chi connectivity index (χ1n) is 9.84. The van der Waals surface area contributed by atoms with Crippen LogP contribution < -0.4 is 10.6 Å². The summed E-state index contributed by atoms with van der Waals surface area (Å²) in [5.74, 6) is 0.196. The zero-order chi connectivity index (χ0) is 21.8. The maximum absolute atomic E-state index is 12.7. The van der Waals surface area contributed by atoms with Gasteiger partial charge in [0.25, 0.3) is 5.91 Å². The van der Waals surface area contributed by atoms with E-state index < -0.39 is 0 Å². The molecule has 4 aromatic rings. The fourth-order valence-corrected chi connectivity index (χ4v) is 3.49. The highest BCUT2D eigenvalue weighted by molar-refractivity contribution is 6.30. The molecule has 6 nitrogen and oxygen atoms in total. The molecular weight excluding hydrogens is 412 g/mol. The standard InChI is InChI=1S/C24H21ClN4O2/c1-16-5-4-6-19(13-16)27-23(30)15-29-21-8-3-2-7-20(21)28-22(29)14-26-24(31)17-9-11-18(25)12-10-17/h2-13H,14-15H2,1H3,(H,26,31)(H,27,30). The Bertz CT molecular complexity index is 1250. The van der Waals surface area contributed by atoms with Gasteiger partial charge in [-0.1, -0.05) is 35.9 Å². The van der Waals surface area contributed by atoms with E-state index in [0.29, 0.717) is 16.4 Å². The first-order chi connectivity index (χ1) is 15.0. The van der Waals surface area contributed by atoms with Crippen LogP contribution in [-0.2, 0) is 17.9 Å². The van der Waals surface area contributed by atoms with Crippen LogP contribution in [0.15, 0.2) is 72.8 Å². The number of nitrogens with one attached hydrogen (secondary N) is 2. The lowest BCUT2D eigenvalue weighted by atomic mass is 10.2. The molecule has 4 rings (SSSR count). The average Bonchev–Trinajstić information content (AvgIpc) is 3.10. The summed E-state index contributed by atoms with van der Waals surface area (Å²) in [6.45, 7) is 2.25. The van der Waals surface area contributed by atoms with E-state index in [9.17, 15) is 9.59 Å². The van der Waals surface area contributed by atoms with E-state index in [2.05, 4.69) is 15.6 Å². The first-order valence-corrected chi connectivity index (χ1v) is 10.2. The molecule has 0 unspecified atom stereocenters. The fraction of sp³-hybridized carbons (Fsp3) is 0.125. The van der Waals surface area contributed by atoms with Crippen molar-refractivity contribution in [3.05, 3.63) is 94.8 Å². The summed E-state index contributed by atoms with van der Waals surface area (Å²) in [4.78, 5) is 29.8. The van der Waals surface area contributed by atoms with Crippen LogP contribution in [0.2, 0.25) is 5.02 Å². The molecule has 0 bridgehead atoms. The molecule has 31 heavy (non-hydrogen) atoms. The monoisotopic (exact) mass is 432 g/mol. The zero-order valence-corrected chi connectivity index (χ0v) is 17.7. The molecule has 1 heterocycles. The number of imidazole rings is 1. The van der Waals surface area contributed by atoms with Crippen LogP contribution in [0.1, 0.15) is 21.7 Å². The van der Waals surface area contributed by atoms with Gasteiger partial charge < -0.3 is 15.2 Å². The number of aryl methyl sites for hydroxylation is 1. The van der Waals surface area contributed by atoms with Gasteiger partial charge in [-0.05, 0) is 61.0 Å². The number of aromatic nitrogens is 2. The number of hydrogen-bond acceptors (Lipinski definition) is 3. The second kappa shape index (κ2) is 9.02. The predicted molar refractivity (Wildman–Crippen MR) is 122 cm³/mol. The lowest BCUT2D eigenvalue weighted by Gasteiger charge is -2.11. The molecular formula is C24H21ClN4O2. The van der Waals surface area contributed by atoms with Gasteiger partial charge in [-0.25, -0.2) is 4.98 Å². The fourth-order valence-electron chi connectivity index (χ4n) is 3.37. The number of anilines is 1. The summed E-state index contributed by atoms with van der Waals surface area (Å²) in [6, 6.07) is 21.9. The van der Waals surface area contributed by atoms with E-state index in [1.807, 2.05) is 60.0 Å². The van der Waals surface area contributed by atoms with Gasteiger partial charge in [0.15, 0.2) is 0 Å². The second-order valence-corrected chi connectivity index (χ2v) is 7.65. The van der Waals surface area contributed by atoms with Crippen molar-refractivity contribution in [2.24, 2.45) is 0 Å². The van der Waals surface area contributed by atoms with Crippen molar-refractivity contribution in [2.75, 3.05) is 5.32 Å². The van der Waals surface area contributed by atoms with Crippen LogP contribution in [0.5, 0.6) is 0 Å². The van der Waals surface area contributed by atoms with Crippen molar-refractivity contribution < 1.29 is 9.59 Å². The molecule has 0 aliphatic heterocycles. The molecule has 0 aliphatic rings. The van der Waals surface area contributed by atoms with Crippen LogP contribution in [-0.4, -0.2) is 21.4 Å². The van der Waals surface area contributed by atoms with Crippen molar-refractivity contribution >= 4 is 40.1 Å². The Morgan fingerprint density at radius 2 is 1.77 bits per heavy atom. The van der Waals surface area contributed by atoms with Crippen molar-refractivity contribution in [2.45, 2.75) is 20.0 Å². The Labute approximate surface area is 184 Å². The number of carbonyl (C=O) groups excluding carboxylic acids is 2. The van der Waals surface area contributed by atoms with Gasteiger partial charge in [-0.2, -0.15) is 0 Å². The lowest BCUT2D eigenvalue weighted by Crippen LogP contribution is -2.26. The molecule has 0 fully saturated rings. The number of benzene rings is 3. The van der Waals surface area contributed by atoms with Crippen LogP contribution in [0.3, 0.4) is 0 Å². The third-order valence-electron chi connectivity index (χ3n) is 4.85. The molecule has 0 aliphatic carbocycles. The minimum absolute atomic E-state index is 0.0839. The van der Waals surface area contributed by atoms with Crippen molar-refractivity contribution in [3.8, 4) is 0 Å². The number of para-hydroxylation sites is 2. The highest BCUT2D eigenvalue weighted by Crippen LogP contribution is 2.17. The Hall–Kier alpha value is -3.64. The smallest absolute Gasteiger partial charge is 0.251 e. The summed E-state index contributed by atoms with van der Waals surface area (Å²) in [6.07, 6.45) is 0. The normalized spacial score (nSPS) is 10.8. The average molecular weight is 433 g/mol. The first kappa shape index (κ1) is 20.6. The number of fused-ring (bicyclic) bond motifs is 1. The molecule has 1 aromatic heterocycles. The van der Waals surface area contributed by atoms with Gasteiger partial charge in [-0.3, -0.25) is 9.59 Å². The minimum atomic E-state index is -0.237. The van der Waals surface area contributed by atoms with Crippen LogP contribution in [0, 0.1) is 6.92 Å². The van der Waals surface area contributed by atoms with Gasteiger partial charge in [0.2, 0.25) is 5.91 Å². The third kappa shape index (κ3) is 4.92. The molecule has 156 valence electrons. The maximum atomic E-state index is 12.7. The maximum Gasteiger partial charge on any atom is 0.251 e. The third-order valence-corrected chi connectivity index (χ3v) is 5.10. The van der Waals surface area contributed by atoms with Crippen LogP contribution >= 0.6 is 11.6 Å². The topological polar surface area (TPSA) is 76.0 Å².